The Balaban J connectivity index is 2.97. The molecule has 0 spiro atoms. The molecule has 1 atom stereocenters. The zero-order valence-electron chi connectivity index (χ0n) is 7.88. The predicted octanol–water partition coefficient (Wildman–Crippen LogP) is 2.87. The molecule has 0 amide bonds. The Hall–Kier alpha value is -0.540. The van der Waals surface area contributed by atoms with Crippen molar-refractivity contribution < 1.29 is 4.74 Å². The van der Waals surface area contributed by atoms with Crippen LogP contribution < -0.4 is 10.5 Å². The first-order valence-electron chi connectivity index (χ1n) is 4.33. The van der Waals surface area contributed by atoms with E-state index in [1.165, 1.54) is 0 Å². The fourth-order valence-electron chi connectivity index (χ4n) is 1.13. The highest BCUT2D eigenvalue weighted by atomic mass is 79.9. The molecule has 2 nitrogen and oxygen atoms in total. The van der Waals surface area contributed by atoms with E-state index in [1.54, 1.807) is 0 Å². The summed E-state index contributed by atoms with van der Waals surface area (Å²) in [7, 11) is 0. The van der Waals surface area contributed by atoms with Crippen LogP contribution in [0.1, 0.15) is 25.5 Å². The molecule has 0 aliphatic rings. The summed E-state index contributed by atoms with van der Waals surface area (Å²) in [4.78, 5) is 0. The van der Waals surface area contributed by atoms with Crippen molar-refractivity contribution in [2.45, 2.75) is 19.9 Å². The maximum Gasteiger partial charge on any atom is 0.119 e. The van der Waals surface area contributed by atoms with Crippen molar-refractivity contribution in [3.8, 4) is 5.75 Å². The quantitative estimate of drug-likeness (QED) is 0.887. The van der Waals surface area contributed by atoms with E-state index < -0.39 is 0 Å². The molecule has 0 saturated carbocycles. The number of hydrogen-bond acceptors (Lipinski definition) is 2. The molecule has 1 aromatic rings. The minimum Gasteiger partial charge on any atom is -0.494 e. The lowest BCUT2D eigenvalue weighted by atomic mass is 10.1. The van der Waals surface area contributed by atoms with Crippen LogP contribution in [0.25, 0.3) is 0 Å². The zero-order valence-corrected chi connectivity index (χ0v) is 9.47. The minimum atomic E-state index is 0.0229. The monoisotopic (exact) mass is 243 g/mol. The Morgan fingerprint density at radius 2 is 2.23 bits per heavy atom. The summed E-state index contributed by atoms with van der Waals surface area (Å²) < 4.78 is 6.41. The van der Waals surface area contributed by atoms with Gasteiger partial charge in [0.05, 0.1) is 6.61 Å². The highest BCUT2D eigenvalue weighted by Crippen LogP contribution is 2.26. The van der Waals surface area contributed by atoms with Crippen LogP contribution in [0.15, 0.2) is 22.7 Å². The van der Waals surface area contributed by atoms with Crippen molar-refractivity contribution in [3.63, 3.8) is 0 Å². The highest BCUT2D eigenvalue weighted by molar-refractivity contribution is 9.10. The Morgan fingerprint density at radius 3 is 2.77 bits per heavy atom. The second-order valence-corrected chi connectivity index (χ2v) is 3.76. The number of nitrogens with two attached hydrogens (primary N) is 1. The topological polar surface area (TPSA) is 35.2 Å². The highest BCUT2D eigenvalue weighted by Gasteiger charge is 2.05. The number of rotatable bonds is 3. The van der Waals surface area contributed by atoms with E-state index in [9.17, 15) is 0 Å². The van der Waals surface area contributed by atoms with Crippen LogP contribution in [0, 0.1) is 0 Å². The summed E-state index contributed by atoms with van der Waals surface area (Å²) >= 11 is 3.45. The molecule has 0 bridgehead atoms. The third kappa shape index (κ3) is 2.71. The number of halogens is 1. The van der Waals surface area contributed by atoms with Gasteiger partial charge in [0.2, 0.25) is 0 Å². The smallest absolute Gasteiger partial charge is 0.119 e. The molecular weight excluding hydrogens is 230 g/mol. The number of benzene rings is 1. The van der Waals surface area contributed by atoms with E-state index in [0.29, 0.717) is 6.61 Å². The lowest BCUT2D eigenvalue weighted by Crippen LogP contribution is -2.06. The Kier molecular flexibility index (Phi) is 3.75. The van der Waals surface area contributed by atoms with Crippen LogP contribution in [0.3, 0.4) is 0 Å². The molecule has 72 valence electrons. The lowest BCUT2D eigenvalue weighted by molar-refractivity contribution is 0.339. The molecular formula is C10H14BrNO. The molecule has 0 aliphatic heterocycles. The molecule has 0 aromatic heterocycles. The average Bonchev–Trinajstić information content (AvgIpc) is 2.08. The summed E-state index contributed by atoms with van der Waals surface area (Å²) in [6.07, 6.45) is 0. The molecule has 0 fully saturated rings. The molecule has 1 rings (SSSR count). The van der Waals surface area contributed by atoms with Crippen molar-refractivity contribution in [3.05, 3.63) is 28.2 Å². The first kappa shape index (κ1) is 10.5. The second kappa shape index (κ2) is 4.63. The third-order valence-electron chi connectivity index (χ3n) is 1.77. The van der Waals surface area contributed by atoms with Gasteiger partial charge in [0.25, 0.3) is 0 Å². The van der Waals surface area contributed by atoms with Crippen LogP contribution in [0.4, 0.5) is 0 Å². The molecule has 2 N–H and O–H groups in total. The van der Waals surface area contributed by atoms with Gasteiger partial charge in [-0.3, -0.25) is 0 Å². The first-order valence-corrected chi connectivity index (χ1v) is 5.12. The van der Waals surface area contributed by atoms with Gasteiger partial charge in [-0.25, -0.2) is 0 Å². The third-order valence-corrected chi connectivity index (χ3v) is 2.49. The normalized spacial score (nSPS) is 12.6. The Morgan fingerprint density at radius 1 is 1.54 bits per heavy atom. The van der Waals surface area contributed by atoms with Crippen LogP contribution in [0.2, 0.25) is 0 Å². The van der Waals surface area contributed by atoms with E-state index >= 15 is 0 Å². The summed E-state index contributed by atoms with van der Waals surface area (Å²) in [5.74, 6) is 0.873. The van der Waals surface area contributed by atoms with E-state index in [0.717, 1.165) is 15.8 Å². The zero-order chi connectivity index (χ0) is 9.84. The van der Waals surface area contributed by atoms with Gasteiger partial charge in [0, 0.05) is 10.5 Å². The van der Waals surface area contributed by atoms with Crippen molar-refractivity contribution in [1.29, 1.82) is 0 Å². The SMILES string of the molecule is CCOc1ccc(Br)c(C(C)N)c1. The second-order valence-electron chi connectivity index (χ2n) is 2.91. The maximum atomic E-state index is 5.79. The van der Waals surface area contributed by atoms with Crippen LogP contribution in [-0.2, 0) is 0 Å². The summed E-state index contributed by atoms with van der Waals surface area (Å²) in [6.45, 7) is 4.60. The minimum absolute atomic E-state index is 0.0229. The molecule has 0 aliphatic carbocycles. The van der Waals surface area contributed by atoms with Crippen molar-refractivity contribution in [2.75, 3.05) is 6.61 Å². The number of ether oxygens (including phenoxy) is 1. The van der Waals surface area contributed by atoms with Gasteiger partial charge in [-0.15, -0.1) is 0 Å². The summed E-state index contributed by atoms with van der Waals surface area (Å²) in [5.41, 5.74) is 6.87. The van der Waals surface area contributed by atoms with Gasteiger partial charge in [0.15, 0.2) is 0 Å². The van der Waals surface area contributed by atoms with Gasteiger partial charge in [-0.05, 0) is 37.6 Å². The fraction of sp³-hybridized carbons (Fsp3) is 0.400. The molecule has 3 heteroatoms. The maximum absolute atomic E-state index is 5.79. The van der Waals surface area contributed by atoms with Gasteiger partial charge < -0.3 is 10.5 Å². The largest absolute Gasteiger partial charge is 0.494 e. The van der Waals surface area contributed by atoms with Gasteiger partial charge in [0.1, 0.15) is 5.75 Å². The first-order chi connectivity index (χ1) is 6.15. The summed E-state index contributed by atoms with van der Waals surface area (Å²) in [6, 6.07) is 5.89. The van der Waals surface area contributed by atoms with Crippen LogP contribution >= 0.6 is 15.9 Å². The van der Waals surface area contributed by atoms with Crippen LogP contribution in [0.5, 0.6) is 5.75 Å². The van der Waals surface area contributed by atoms with Gasteiger partial charge in [-0.2, -0.15) is 0 Å². The standard InChI is InChI=1S/C10H14BrNO/c1-3-13-8-4-5-10(11)9(6-8)7(2)12/h4-7H,3,12H2,1-2H3. The predicted molar refractivity (Wildman–Crippen MR) is 57.9 cm³/mol. The molecule has 0 heterocycles. The molecule has 0 saturated heterocycles. The lowest BCUT2D eigenvalue weighted by Gasteiger charge is -2.10. The average molecular weight is 244 g/mol. The van der Waals surface area contributed by atoms with Gasteiger partial charge >= 0.3 is 0 Å². The molecule has 1 unspecified atom stereocenters. The van der Waals surface area contributed by atoms with Crippen molar-refractivity contribution >= 4 is 15.9 Å². The number of hydrogen-bond donors (Lipinski definition) is 1. The Bertz CT molecular complexity index is 286. The van der Waals surface area contributed by atoms with E-state index in [4.69, 9.17) is 10.5 Å². The van der Waals surface area contributed by atoms with E-state index in [-0.39, 0.29) is 6.04 Å². The Labute approximate surface area is 87.2 Å². The van der Waals surface area contributed by atoms with Crippen molar-refractivity contribution in [1.82, 2.24) is 0 Å². The van der Waals surface area contributed by atoms with Crippen LogP contribution in [-0.4, -0.2) is 6.61 Å². The molecule has 1 aromatic carbocycles. The van der Waals surface area contributed by atoms with E-state index in [1.807, 2.05) is 32.0 Å². The fourth-order valence-corrected chi connectivity index (χ4v) is 1.73. The van der Waals surface area contributed by atoms with Gasteiger partial charge in [-0.1, -0.05) is 15.9 Å². The summed E-state index contributed by atoms with van der Waals surface area (Å²) in [5, 5.41) is 0. The van der Waals surface area contributed by atoms with E-state index in [2.05, 4.69) is 15.9 Å². The molecule has 13 heavy (non-hydrogen) atoms. The molecule has 0 radical (unpaired) electrons. The van der Waals surface area contributed by atoms with Crippen molar-refractivity contribution in [2.24, 2.45) is 5.73 Å².